The first-order valence-corrected chi connectivity index (χ1v) is 12.8. The van der Waals surface area contributed by atoms with Crippen LogP contribution < -0.4 is 19.9 Å². The maximum absolute atomic E-state index is 13.4. The van der Waals surface area contributed by atoms with Crippen LogP contribution in [0, 0.1) is 0 Å². The smallest absolute Gasteiger partial charge is 0.291 e. The minimum atomic E-state index is -0.856. The summed E-state index contributed by atoms with van der Waals surface area (Å²) in [6, 6.07) is 15.5. The predicted octanol–water partition coefficient (Wildman–Crippen LogP) is 1.83. The van der Waals surface area contributed by atoms with Crippen molar-refractivity contribution in [3.05, 3.63) is 65.7 Å². The number of ether oxygens (including phenoxy) is 1. The quantitative estimate of drug-likeness (QED) is 0.549. The van der Waals surface area contributed by atoms with Crippen molar-refractivity contribution in [2.24, 2.45) is 0 Å². The van der Waals surface area contributed by atoms with Crippen LogP contribution in [0.25, 0.3) is 0 Å². The molecule has 0 unspecified atom stereocenters. The molecule has 37 heavy (non-hydrogen) atoms. The molecule has 0 spiro atoms. The zero-order chi connectivity index (χ0) is 25.4. The molecule has 10 heteroatoms. The van der Waals surface area contributed by atoms with E-state index in [2.05, 4.69) is 36.4 Å². The lowest BCUT2D eigenvalue weighted by Gasteiger charge is -2.33. The number of aromatic nitrogens is 3. The molecule has 192 valence electrons. The summed E-state index contributed by atoms with van der Waals surface area (Å²) in [4.78, 5) is 37.1. The average Bonchev–Trinajstić information content (AvgIpc) is 3.12. The number of H-pyrrole nitrogens is 1. The Hall–Kier alpha value is -3.92. The lowest BCUT2D eigenvalue weighted by molar-refractivity contribution is -0.120. The second kappa shape index (κ2) is 9.85. The summed E-state index contributed by atoms with van der Waals surface area (Å²) >= 11 is 0. The van der Waals surface area contributed by atoms with Crippen LogP contribution in [0.4, 0.5) is 11.4 Å². The molecule has 3 aromatic rings. The van der Waals surface area contributed by atoms with E-state index >= 15 is 0 Å². The lowest BCUT2D eigenvalue weighted by Crippen LogP contribution is -2.49. The highest BCUT2D eigenvalue weighted by molar-refractivity contribution is 6.02. The molecule has 7 rings (SSSR count). The van der Waals surface area contributed by atoms with Crippen molar-refractivity contribution in [1.82, 2.24) is 25.4 Å². The van der Waals surface area contributed by atoms with Gasteiger partial charge in [-0.2, -0.15) is 0 Å². The number of rotatable bonds is 5. The Bertz CT molecular complexity index is 1290. The SMILES string of the molecule is CN1C(=O)[C@H](NC(=O)c2n[nH]c(Cc3ccccc3)n2)COc2ccc(N3CCN4CCC3CC4)cc21. The standard InChI is InChI=1S/C27H31N7O3/c1-32-22-16-20(34-14-13-33-11-9-19(34)10-12-33)7-8-23(22)37-17-21(27(32)36)28-26(35)25-29-24(30-31-25)15-18-5-3-2-4-6-18/h2-8,16,19,21H,9-15,17H2,1H3,(H,28,35)(H,29,30,31)/t21-/m1/s1. The fourth-order valence-electron chi connectivity index (χ4n) is 5.48. The topological polar surface area (TPSA) is 107 Å². The molecule has 2 amide bonds. The van der Waals surface area contributed by atoms with Gasteiger partial charge in [0.25, 0.3) is 11.8 Å². The van der Waals surface area contributed by atoms with E-state index in [9.17, 15) is 9.59 Å². The molecule has 2 N–H and O–H groups in total. The number of carbonyl (C=O) groups excluding carboxylic acids is 2. The van der Waals surface area contributed by atoms with Crippen molar-refractivity contribution in [1.29, 1.82) is 0 Å². The van der Waals surface area contributed by atoms with E-state index in [0.29, 0.717) is 29.7 Å². The third kappa shape index (κ3) is 4.76. The Labute approximate surface area is 215 Å². The molecule has 3 saturated heterocycles. The van der Waals surface area contributed by atoms with Crippen LogP contribution in [0.3, 0.4) is 0 Å². The van der Waals surface area contributed by atoms with Gasteiger partial charge in [0.2, 0.25) is 5.82 Å². The fourth-order valence-corrected chi connectivity index (χ4v) is 5.48. The molecule has 0 aliphatic carbocycles. The average molecular weight is 502 g/mol. The van der Waals surface area contributed by atoms with E-state index in [1.807, 2.05) is 42.5 Å². The number of benzene rings is 2. The van der Waals surface area contributed by atoms with Gasteiger partial charge in [-0.1, -0.05) is 30.3 Å². The van der Waals surface area contributed by atoms with Crippen molar-refractivity contribution >= 4 is 23.2 Å². The second-order valence-electron chi connectivity index (χ2n) is 9.92. The third-order valence-electron chi connectivity index (χ3n) is 7.58. The number of piperidine rings is 1. The van der Waals surface area contributed by atoms with Crippen molar-refractivity contribution in [2.45, 2.75) is 31.3 Å². The monoisotopic (exact) mass is 501 g/mol. The first-order chi connectivity index (χ1) is 18.0. The Balaban J connectivity index is 1.15. The normalized spacial score (nSPS) is 23.2. The van der Waals surface area contributed by atoms with E-state index < -0.39 is 11.9 Å². The van der Waals surface area contributed by atoms with Gasteiger partial charge in [-0.25, -0.2) is 4.98 Å². The molecule has 3 fully saturated rings. The number of nitrogens with one attached hydrogen (secondary N) is 2. The number of amides is 2. The zero-order valence-corrected chi connectivity index (χ0v) is 20.9. The number of likely N-dealkylation sites (N-methyl/N-ethyl adjacent to an activating group) is 1. The van der Waals surface area contributed by atoms with E-state index in [0.717, 1.165) is 50.3 Å². The summed E-state index contributed by atoms with van der Waals surface area (Å²) in [6.45, 7) is 4.36. The van der Waals surface area contributed by atoms with E-state index in [-0.39, 0.29) is 18.3 Å². The number of hydrogen-bond acceptors (Lipinski definition) is 7. The minimum absolute atomic E-state index is 0.00259. The van der Waals surface area contributed by atoms with Crippen molar-refractivity contribution < 1.29 is 14.3 Å². The highest BCUT2D eigenvalue weighted by Gasteiger charge is 2.33. The van der Waals surface area contributed by atoms with E-state index in [1.165, 1.54) is 0 Å². The summed E-state index contributed by atoms with van der Waals surface area (Å²) in [5, 5.41) is 9.63. The number of anilines is 2. The number of nitrogens with zero attached hydrogens (tertiary/aromatic N) is 5. The number of fused-ring (bicyclic) bond motifs is 5. The summed E-state index contributed by atoms with van der Waals surface area (Å²) in [5.74, 6) is 0.440. The molecule has 4 aliphatic rings. The highest BCUT2D eigenvalue weighted by atomic mass is 16.5. The summed E-state index contributed by atoms with van der Waals surface area (Å²) in [6.07, 6.45) is 2.85. The lowest BCUT2D eigenvalue weighted by atomic mass is 10.0. The van der Waals surface area contributed by atoms with Gasteiger partial charge in [-0.05, 0) is 36.6 Å². The molecule has 2 bridgehead atoms. The van der Waals surface area contributed by atoms with Crippen LogP contribution in [0.1, 0.15) is 34.8 Å². The van der Waals surface area contributed by atoms with Crippen molar-refractivity contribution in [2.75, 3.05) is 49.6 Å². The molecular weight excluding hydrogens is 470 g/mol. The van der Waals surface area contributed by atoms with Gasteiger partial charge >= 0.3 is 0 Å². The van der Waals surface area contributed by atoms with Crippen LogP contribution in [-0.2, 0) is 11.2 Å². The Morgan fingerprint density at radius 2 is 1.92 bits per heavy atom. The molecule has 1 aromatic heterocycles. The first-order valence-electron chi connectivity index (χ1n) is 12.8. The van der Waals surface area contributed by atoms with Crippen molar-refractivity contribution in [3.63, 3.8) is 0 Å². The molecule has 4 aliphatic heterocycles. The largest absolute Gasteiger partial charge is 0.489 e. The zero-order valence-electron chi connectivity index (χ0n) is 20.9. The highest BCUT2D eigenvalue weighted by Crippen LogP contribution is 2.36. The molecule has 0 radical (unpaired) electrons. The van der Waals surface area contributed by atoms with E-state index in [4.69, 9.17) is 4.74 Å². The third-order valence-corrected chi connectivity index (χ3v) is 7.58. The van der Waals surface area contributed by atoms with Gasteiger partial charge in [-0.15, -0.1) is 5.10 Å². The van der Waals surface area contributed by atoms with Crippen LogP contribution in [-0.4, -0.2) is 83.8 Å². The maximum atomic E-state index is 13.4. The van der Waals surface area contributed by atoms with Gasteiger partial charge in [0.05, 0.1) is 5.69 Å². The Kier molecular flexibility index (Phi) is 6.25. The molecule has 2 aromatic carbocycles. The minimum Gasteiger partial charge on any atom is -0.489 e. The van der Waals surface area contributed by atoms with E-state index in [1.54, 1.807) is 11.9 Å². The Morgan fingerprint density at radius 1 is 1.11 bits per heavy atom. The van der Waals surface area contributed by atoms with Gasteiger partial charge in [0, 0.05) is 51.4 Å². The predicted molar refractivity (Wildman–Crippen MR) is 139 cm³/mol. The van der Waals surface area contributed by atoms with Crippen LogP contribution in [0.2, 0.25) is 0 Å². The first kappa shape index (κ1) is 23.5. The van der Waals surface area contributed by atoms with Gasteiger partial charge in [-0.3, -0.25) is 14.7 Å². The molecule has 0 saturated carbocycles. The van der Waals surface area contributed by atoms with Gasteiger partial charge < -0.3 is 24.8 Å². The molecule has 5 heterocycles. The fraction of sp³-hybridized carbons (Fsp3) is 0.407. The molecule has 10 nitrogen and oxygen atoms in total. The number of aromatic amines is 1. The van der Waals surface area contributed by atoms with Gasteiger partial charge in [0.1, 0.15) is 24.2 Å². The molecule has 1 atom stereocenters. The van der Waals surface area contributed by atoms with Gasteiger partial charge in [0.15, 0.2) is 0 Å². The maximum Gasteiger partial charge on any atom is 0.291 e. The number of carbonyl (C=O) groups is 2. The number of hydrogen-bond donors (Lipinski definition) is 2. The molecular formula is C27H31N7O3. The van der Waals surface area contributed by atoms with Crippen LogP contribution in [0.15, 0.2) is 48.5 Å². The summed E-state index contributed by atoms with van der Waals surface area (Å²) in [5.41, 5.74) is 2.87. The van der Waals surface area contributed by atoms with Crippen molar-refractivity contribution in [3.8, 4) is 5.75 Å². The van der Waals surface area contributed by atoms with Crippen LogP contribution >= 0.6 is 0 Å². The summed E-state index contributed by atoms with van der Waals surface area (Å²) < 4.78 is 6.00. The van der Waals surface area contributed by atoms with Crippen LogP contribution in [0.5, 0.6) is 5.75 Å². The summed E-state index contributed by atoms with van der Waals surface area (Å²) in [7, 11) is 1.73. The second-order valence-corrected chi connectivity index (χ2v) is 9.92. The Morgan fingerprint density at radius 3 is 2.73 bits per heavy atom.